The Bertz CT molecular complexity index is 1520. The van der Waals surface area contributed by atoms with Gasteiger partial charge in [0.25, 0.3) is 10.0 Å². The van der Waals surface area contributed by atoms with Crippen molar-refractivity contribution in [2.45, 2.75) is 31.5 Å². The average molecular weight is 468 g/mol. The fourth-order valence-corrected chi connectivity index (χ4v) is 6.48. The first kappa shape index (κ1) is 20.8. The zero-order valence-electron chi connectivity index (χ0n) is 19.1. The van der Waals surface area contributed by atoms with Crippen LogP contribution >= 0.6 is 0 Å². The Morgan fingerprint density at radius 2 is 1.44 bits per heavy atom. The minimum atomic E-state index is -3.81. The molecule has 3 aromatic carbocycles. The van der Waals surface area contributed by atoms with Crippen molar-refractivity contribution < 1.29 is 8.42 Å². The maximum absolute atomic E-state index is 14.1. The lowest BCUT2D eigenvalue weighted by atomic mass is 10.1. The molecule has 4 aromatic rings. The number of aromatic nitrogens is 1. The van der Waals surface area contributed by atoms with E-state index in [2.05, 4.69) is 46.7 Å². The van der Waals surface area contributed by atoms with E-state index in [0.717, 1.165) is 28.2 Å². The van der Waals surface area contributed by atoms with Crippen molar-refractivity contribution in [1.29, 1.82) is 0 Å². The third kappa shape index (κ3) is 3.17. The first-order valence-corrected chi connectivity index (χ1v) is 12.8. The van der Waals surface area contributed by atoms with E-state index in [0.29, 0.717) is 17.1 Å². The Morgan fingerprint density at radius 3 is 2.15 bits per heavy atom. The first-order chi connectivity index (χ1) is 16.4. The maximum atomic E-state index is 14.1. The molecule has 0 unspecified atom stereocenters. The van der Waals surface area contributed by atoms with Gasteiger partial charge in [-0.3, -0.25) is 0 Å². The van der Waals surface area contributed by atoms with Crippen molar-refractivity contribution in [3.05, 3.63) is 119 Å². The molecule has 0 saturated carbocycles. The van der Waals surface area contributed by atoms with Crippen molar-refractivity contribution in [3.63, 3.8) is 0 Å². The normalized spacial score (nSPS) is 18.1. The Balaban J connectivity index is 1.57. The molecule has 0 radical (unpaired) electrons. The summed E-state index contributed by atoms with van der Waals surface area (Å²) in [5.41, 5.74) is 6.91. The van der Waals surface area contributed by atoms with E-state index >= 15 is 0 Å². The van der Waals surface area contributed by atoms with E-state index in [1.165, 1.54) is 5.56 Å². The summed E-state index contributed by atoms with van der Waals surface area (Å²) in [5, 5.41) is 0. The molecule has 0 aliphatic carbocycles. The van der Waals surface area contributed by atoms with E-state index in [4.69, 9.17) is 0 Å². The van der Waals surface area contributed by atoms with Gasteiger partial charge in [0.15, 0.2) is 6.17 Å². The van der Waals surface area contributed by atoms with E-state index in [-0.39, 0.29) is 0 Å². The number of benzene rings is 3. The molecule has 34 heavy (non-hydrogen) atoms. The van der Waals surface area contributed by atoms with Gasteiger partial charge in [-0.2, -0.15) is 0 Å². The zero-order chi connectivity index (χ0) is 23.4. The van der Waals surface area contributed by atoms with E-state index in [1.807, 2.05) is 61.7 Å². The fraction of sp³-hybridized carbons (Fsp3) is 0.143. The molecule has 0 amide bonds. The molecular formula is C28H25N3O2S. The number of rotatable bonds is 3. The molecule has 0 spiro atoms. The minimum Gasteiger partial charge on any atom is -0.342 e. The predicted octanol–water partition coefficient (Wildman–Crippen LogP) is 5.87. The highest BCUT2D eigenvalue weighted by molar-refractivity contribution is 7.92. The zero-order valence-corrected chi connectivity index (χ0v) is 19.9. The molecule has 2 aliphatic heterocycles. The summed E-state index contributed by atoms with van der Waals surface area (Å²) in [6.45, 7) is 4.70. The number of anilines is 2. The van der Waals surface area contributed by atoms with Gasteiger partial charge in [0.2, 0.25) is 0 Å². The van der Waals surface area contributed by atoms with Crippen LogP contribution in [0.1, 0.15) is 28.6 Å². The largest absolute Gasteiger partial charge is 0.342 e. The van der Waals surface area contributed by atoms with Crippen LogP contribution in [0.3, 0.4) is 0 Å². The summed E-state index contributed by atoms with van der Waals surface area (Å²) in [5.74, 6) is 0. The van der Waals surface area contributed by atoms with Gasteiger partial charge < -0.3 is 9.47 Å². The van der Waals surface area contributed by atoms with Crippen LogP contribution < -0.4 is 9.21 Å². The molecule has 6 rings (SSSR count). The number of allylic oxidation sites excluding steroid dienone is 1. The second-order valence-electron chi connectivity index (χ2n) is 8.95. The standard InChI is InChI=1S/C28H25N3O2S/c1-20-9-13-22(14-10-20)18-23-19-29-17-5-8-27(29)28-30(23)25-6-3-4-7-26(25)31(28)34(32,33)24-15-11-21(2)12-16-24/h3-18,28H,19H2,1-2H3/b23-18-/t28-/m1/s1. The third-order valence-electron chi connectivity index (χ3n) is 6.60. The van der Waals surface area contributed by atoms with Crippen molar-refractivity contribution in [1.82, 2.24) is 4.57 Å². The molecule has 3 heterocycles. The van der Waals surface area contributed by atoms with Crippen LogP contribution in [-0.2, 0) is 16.6 Å². The molecule has 0 fully saturated rings. The molecule has 170 valence electrons. The highest BCUT2D eigenvalue weighted by Crippen LogP contribution is 2.52. The number of hydrogen-bond acceptors (Lipinski definition) is 3. The number of aryl methyl sites for hydroxylation is 2. The smallest absolute Gasteiger partial charge is 0.266 e. The van der Waals surface area contributed by atoms with Crippen LogP contribution in [0.4, 0.5) is 11.4 Å². The second-order valence-corrected chi connectivity index (χ2v) is 10.8. The van der Waals surface area contributed by atoms with Gasteiger partial charge in [-0.1, -0.05) is 59.7 Å². The number of sulfonamides is 1. The van der Waals surface area contributed by atoms with Crippen molar-refractivity contribution in [3.8, 4) is 0 Å². The Kier molecular flexibility index (Phi) is 4.67. The summed E-state index contributed by atoms with van der Waals surface area (Å²) in [7, 11) is -3.81. The maximum Gasteiger partial charge on any atom is 0.266 e. The van der Waals surface area contributed by atoms with Crippen molar-refractivity contribution >= 4 is 27.5 Å². The summed E-state index contributed by atoms with van der Waals surface area (Å²) >= 11 is 0. The highest BCUT2D eigenvalue weighted by Gasteiger charge is 2.48. The monoisotopic (exact) mass is 467 g/mol. The number of hydrogen-bond donors (Lipinski definition) is 0. The number of para-hydroxylation sites is 2. The molecule has 0 N–H and O–H groups in total. The molecule has 5 nitrogen and oxygen atoms in total. The summed E-state index contributed by atoms with van der Waals surface area (Å²) < 4.78 is 31.9. The van der Waals surface area contributed by atoms with Crippen LogP contribution in [0.2, 0.25) is 0 Å². The van der Waals surface area contributed by atoms with Crippen molar-refractivity contribution in [2.24, 2.45) is 0 Å². The van der Waals surface area contributed by atoms with Gasteiger partial charge in [0, 0.05) is 11.9 Å². The van der Waals surface area contributed by atoms with E-state index in [1.54, 1.807) is 16.4 Å². The first-order valence-electron chi connectivity index (χ1n) is 11.4. The predicted molar refractivity (Wildman–Crippen MR) is 136 cm³/mol. The Morgan fingerprint density at radius 1 is 0.794 bits per heavy atom. The lowest BCUT2D eigenvalue weighted by molar-refractivity contribution is 0.546. The molecular weight excluding hydrogens is 442 g/mol. The topological polar surface area (TPSA) is 45.5 Å². The Hall–Kier alpha value is -3.77. The molecule has 1 aromatic heterocycles. The summed E-state index contributed by atoms with van der Waals surface area (Å²) in [6, 6.07) is 27.3. The Labute approximate surface area is 200 Å². The van der Waals surface area contributed by atoms with Gasteiger partial charge in [0.05, 0.1) is 28.5 Å². The molecule has 0 saturated heterocycles. The van der Waals surface area contributed by atoms with Crippen LogP contribution in [-0.4, -0.2) is 13.0 Å². The molecule has 0 bridgehead atoms. The van der Waals surface area contributed by atoms with Gasteiger partial charge in [-0.05, 0) is 61.9 Å². The van der Waals surface area contributed by atoms with Crippen LogP contribution in [0, 0.1) is 13.8 Å². The lowest BCUT2D eigenvalue weighted by Gasteiger charge is -2.38. The van der Waals surface area contributed by atoms with Gasteiger partial charge in [0.1, 0.15) is 0 Å². The highest BCUT2D eigenvalue weighted by atomic mass is 32.2. The van der Waals surface area contributed by atoms with Crippen molar-refractivity contribution in [2.75, 3.05) is 9.21 Å². The second kappa shape index (κ2) is 7.64. The van der Waals surface area contributed by atoms with E-state index < -0.39 is 16.2 Å². The van der Waals surface area contributed by atoms with Crippen LogP contribution in [0.5, 0.6) is 0 Å². The van der Waals surface area contributed by atoms with Gasteiger partial charge >= 0.3 is 0 Å². The van der Waals surface area contributed by atoms with Gasteiger partial charge in [-0.15, -0.1) is 0 Å². The fourth-order valence-electron chi connectivity index (χ4n) is 4.90. The van der Waals surface area contributed by atoms with Crippen LogP contribution in [0.25, 0.3) is 6.08 Å². The van der Waals surface area contributed by atoms with E-state index in [9.17, 15) is 8.42 Å². The molecule has 1 atom stereocenters. The quantitative estimate of drug-likeness (QED) is 0.378. The van der Waals surface area contributed by atoms with Gasteiger partial charge in [-0.25, -0.2) is 12.7 Å². The molecule has 6 heteroatoms. The minimum absolute atomic E-state index is 0.294. The lowest BCUT2D eigenvalue weighted by Crippen LogP contribution is -2.43. The summed E-state index contributed by atoms with van der Waals surface area (Å²) in [4.78, 5) is 2.47. The SMILES string of the molecule is Cc1ccc(/C=C2/Cn3cccc3[C@@H]3N2c2ccccc2N3S(=O)(=O)c2ccc(C)cc2)cc1. The summed E-state index contributed by atoms with van der Waals surface area (Å²) in [6.07, 6.45) is 3.69. The molecule has 2 aliphatic rings. The van der Waals surface area contributed by atoms with Crippen LogP contribution in [0.15, 0.2) is 102 Å². The number of nitrogens with zero attached hydrogens (tertiary/aromatic N) is 3. The third-order valence-corrected chi connectivity index (χ3v) is 8.39. The number of fused-ring (bicyclic) bond motifs is 5. The average Bonchev–Trinajstić information content (AvgIpc) is 3.43.